The van der Waals surface area contributed by atoms with Gasteiger partial charge in [-0.25, -0.2) is 4.98 Å². The number of thiazole rings is 1. The van der Waals surface area contributed by atoms with E-state index in [1.165, 1.54) is 0 Å². The van der Waals surface area contributed by atoms with Gasteiger partial charge < -0.3 is 5.32 Å². The van der Waals surface area contributed by atoms with Crippen LogP contribution >= 0.6 is 11.3 Å². The maximum atomic E-state index is 11.1. The minimum absolute atomic E-state index is 0.0940. The predicted molar refractivity (Wildman–Crippen MR) is 77.7 cm³/mol. The lowest BCUT2D eigenvalue weighted by Crippen LogP contribution is -2.19. The van der Waals surface area contributed by atoms with E-state index in [9.17, 15) is 10.1 Å². The van der Waals surface area contributed by atoms with Crippen LogP contribution in [0.15, 0.2) is 17.8 Å². The lowest BCUT2D eigenvalue weighted by Gasteiger charge is -2.12. The number of aryl methyl sites for hydroxylation is 1. The van der Waals surface area contributed by atoms with Crippen molar-refractivity contribution in [2.24, 2.45) is 0 Å². The quantitative estimate of drug-likeness (QED) is 0.677. The number of nitrogens with one attached hydrogen (secondary N) is 1. The number of aromatic nitrogens is 2. The molecule has 7 heteroatoms. The van der Waals surface area contributed by atoms with E-state index < -0.39 is 0 Å². The number of hydrogen-bond donors (Lipinski definition) is 1. The molecule has 2 aromatic heterocycles. The molecule has 6 nitrogen and oxygen atoms in total. The number of pyridine rings is 1. The Bertz CT molecular complexity index is 613. The maximum Gasteiger partial charge on any atom is 0.278 e. The standard InChI is InChI=1S/C13H16N4O2S/c1-8-6-16-11(9(2)12(8)17(18)19)7-15-10(3)13-14-4-5-20-13/h4-6,10,15H,7H2,1-3H3. The summed E-state index contributed by atoms with van der Waals surface area (Å²) in [5, 5.41) is 17.3. The number of nitro groups is 1. The largest absolute Gasteiger partial charge is 0.302 e. The van der Waals surface area contributed by atoms with Gasteiger partial charge >= 0.3 is 0 Å². The Kier molecular flexibility index (Phi) is 4.41. The fourth-order valence-electron chi connectivity index (χ4n) is 2.01. The third-order valence-electron chi connectivity index (χ3n) is 3.16. The summed E-state index contributed by atoms with van der Waals surface area (Å²) < 4.78 is 0. The number of nitrogens with zero attached hydrogens (tertiary/aromatic N) is 3. The molecule has 2 rings (SSSR count). The van der Waals surface area contributed by atoms with Gasteiger partial charge in [-0.2, -0.15) is 0 Å². The van der Waals surface area contributed by atoms with Crippen molar-refractivity contribution in [1.29, 1.82) is 0 Å². The zero-order chi connectivity index (χ0) is 14.7. The van der Waals surface area contributed by atoms with Crippen LogP contribution in [0, 0.1) is 24.0 Å². The Hall–Kier alpha value is -1.86. The lowest BCUT2D eigenvalue weighted by atomic mass is 10.1. The van der Waals surface area contributed by atoms with Gasteiger partial charge in [-0.05, 0) is 20.8 Å². The van der Waals surface area contributed by atoms with Crippen LogP contribution in [0.3, 0.4) is 0 Å². The molecule has 2 heterocycles. The molecule has 0 radical (unpaired) electrons. The van der Waals surface area contributed by atoms with Gasteiger partial charge in [0.15, 0.2) is 0 Å². The maximum absolute atomic E-state index is 11.1. The zero-order valence-electron chi connectivity index (χ0n) is 11.6. The first-order valence-corrected chi connectivity index (χ1v) is 7.11. The molecule has 2 aromatic rings. The minimum Gasteiger partial charge on any atom is -0.302 e. The summed E-state index contributed by atoms with van der Waals surface area (Å²) in [6, 6.07) is 0.0940. The molecule has 0 spiro atoms. The van der Waals surface area contributed by atoms with Crippen LogP contribution in [0.5, 0.6) is 0 Å². The summed E-state index contributed by atoms with van der Waals surface area (Å²) in [6.45, 7) is 5.93. The Morgan fingerprint density at radius 1 is 1.45 bits per heavy atom. The molecule has 0 aromatic carbocycles. The molecular formula is C13H16N4O2S. The van der Waals surface area contributed by atoms with E-state index in [2.05, 4.69) is 15.3 Å². The van der Waals surface area contributed by atoms with Crippen LogP contribution in [-0.4, -0.2) is 14.9 Å². The van der Waals surface area contributed by atoms with E-state index in [0.29, 0.717) is 23.4 Å². The molecule has 0 amide bonds. The highest BCUT2D eigenvalue weighted by molar-refractivity contribution is 7.09. The van der Waals surface area contributed by atoms with Crippen LogP contribution in [0.25, 0.3) is 0 Å². The average molecular weight is 292 g/mol. The molecule has 20 heavy (non-hydrogen) atoms. The molecule has 0 fully saturated rings. The monoisotopic (exact) mass is 292 g/mol. The Labute approximate surface area is 121 Å². The molecule has 0 bridgehead atoms. The molecule has 0 aliphatic rings. The number of rotatable bonds is 5. The van der Waals surface area contributed by atoms with Gasteiger partial charge in [0.25, 0.3) is 5.69 Å². The van der Waals surface area contributed by atoms with Crippen LogP contribution in [0.1, 0.15) is 34.8 Å². The van der Waals surface area contributed by atoms with Crippen molar-refractivity contribution < 1.29 is 4.92 Å². The second-order valence-electron chi connectivity index (χ2n) is 4.59. The van der Waals surface area contributed by atoms with E-state index in [-0.39, 0.29) is 16.7 Å². The van der Waals surface area contributed by atoms with Crippen molar-refractivity contribution in [3.63, 3.8) is 0 Å². The van der Waals surface area contributed by atoms with E-state index in [4.69, 9.17) is 0 Å². The third-order valence-corrected chi connectivity index (χ3v) is 4.11. The highest BCUT2D eigenvalue weighted by Crippen LogP contribution is 2.24. The smallest absolute Gasteiger partial charge is 0.278 e. The van der Waals surface area contributed by atoms with Crippen molar-refractivity contribution in [3.05, 3.63) is 49.7 Å². The Morgan fingerprint density at radius 2 is 2.20 bits per heavy atom. The minimum atomic E-state index is -0.347. The van der Waals surface area contributed by atoms with E-state index in [0.717, 1.165) is 5.01 Å². The van der Waals surface area contributed by atoms with Crippen molar-refractivity contribution in [2.75, 3.05) is 0 Å². The van der Waals surface area contributed by atoms with E-state index in [1.54, 1.807) is 37.6 Å². The van der Waals surface area contributed by atoms with Crippen molar-refractivity contribution in [3.8, 4) is 0 Å². The summed E-state index contributed by atoms with van der Waals surface area (Å²) in [4.78, 5) is 19.2. The van der Waals surface area contributed by atoms with Crippen molar-refractivity contribution >= 4 is 17.0 Å². The van der Waals surface area contributed by atoms with Crippen molar-refractivity contribution in [2.45, 2.75) is 33.4 Å². The van der Waals surface area contributed by atoms with Crippen LogP contribution in [0.4, 0.5) is 5.69 Å². The topological polar surface area (TPSA) is 81.0 Å². The molecular weight excluding hydrogens is 276 g/mol. The number of hydrogen-bond acceptors (Lipinski definition) is 6. The molecule has 0 saturated carbocycles. The molecule has 1 unspecified atom stereocenters. The van der Waals surface area contributed by atoms with Gasteiger partial charge in [0.1, 0.15) is 5.01 Å². The highest BCUT2D eigenvalue weighted by atomic mass is 32.1. The zero-order valence-corrected chi connectivity index (χ0v) is 12.4. The molecule has 106 valence electrons. The molecule has 0 aliphatic carbocycles. The molecule has 1 N–H and O–H groups in total. The second-order valence-corrected chi connectivity index (χ2v) is 5.52. The fraction of sp³-hybridized carbons (Fsp3) is 0.385. The van der Waals surface area contributed by atoms with Gasteiger partial charge in [-0.15, -0.1) is 11.3 Å². The molecule has 0 saturated heterocycles. The first-order valence-electron chi connectivity index (χ1n) is 6.23. The predicted octanol–water partition coefficient (Wildman–Crippen LogP) is 2.91. The van der Waals surface area contributed by atoms with Crippen molar-refractivity contribution in [1.82, 2.24) is 15.3 Å². The van der Waals surface area contributed by atoms with Gasteiger partial charge in [-0.3, -0.25) is 15.1 Å². The SMILES string of the molecule is Cc1cnc(CNC(C)c2nccs2)c(C)c1[N+](=O)[O-]. The van der Waals surface area contributed by atoms with Gasteiger partial charge in [-0.1, -0.05) is 0 Å². The Morgan fingerprint density at radius 3 is 2.80 bits per heavy atom. The fourth-order valence-corrected chi connectivity index (χ4v) is 2.68. The van der Waals surface area contributed by atoms with E-state index >= 15 is 0 Å². The second kappa shape index (κ2) is 6.06. The summed E-state index contributed by atoms with van der Waals surface area (Å²) in [5.41, 5.74) is 2.06. The van der Waals surface area contributed by atoms with Gasteiger partial charge in [0.2, 0.25) is 0 Å². The van der Waals surface area contributed by atoms with Gasteiger partial charge in [0, 0.05) is 35.4 Å². The summed E-state index contributed by atoms with van der Waals surface area (Å²) in [5.74, 6) is 0. The normalized spacial score (nSPS) is 12.3. The van der Waals surface area contributed by atoms with E-state index in [1.807, 2.05) is 12.3 Å². The average Bonchev–Trinajstić information content (AvgIpc) is 2.91. The summed E-state index contributed by atoms with van der Waals surface area (Å²) in [7, 11) is 0. The van der Waals surface area contributed by atoms with Crippen LogP contribution in [-0.2, 0) is 6.54 Å². The summed E-state index contributed by atoms with van der Waals surface area (Å²) in [6.07, 6.45) is 3.31. The molecule has 0 aliphatic heterocycles. The molecule has 1 atom stereocenters. The van der Waals surface area contributed by atoms with Gasteiger partial charge in [0.05, 0.1) is 16.7 Å². The lowest BCUT2D eigenvalue weighted by molar-refractivity contribution is -0.386. The first kappa shape index (κ1) is 14.5. The van der Waals surface area contributed by atoms with Crippen LogP contribution < -0.4 is 5.32 Å². The third kappa shape index (κ3) is 3.00. The first-order chi connectivity index (χ1) is 9.50. The highest BCUT2D eigenvalue weighted by Gasteiger charge is 2.19. The Balaban J connectivity index is 2.14. The van der Waals surface area contributed by atoms with Crippen LogP contribution in [0.2, 0.25) is 0 Å². The summed E-state index contributed by atoms with van der Waals surface area (Å²) >= 11 is 1.58.